The quantitative estimate of drug-likeness (QED) is 0.490. The van der Waals surface area contributed by atoms with E-state index < -0.39 is 0 Å². The zero-order chi connectivity index (χ0) is 6.85. The van der Waals surface area contributed by atoms with Crippen LogP contribution < -0.4 is 0 Å². The van der Waals surface area contributed by atoms with E-state index in [1.54, 1.807) is 0 Å². The van der Waals surface area contributed by atoms with Crippen LogP contribution >= 0.6 is 0 Å². The Balaban J connectivity index is 2.62. The number of hydrogen-bond acceptors (Lipinski definition) is 1. The Bertz CT molecular complexity index is 127. The van der Waals surface area contributed by atoms with E-state index in [1.807, 2.05) is 6.92 Å². The zero-order valence-corrected chi connectivity index (χ0v) is 6.09. The van der Waals surface area contributed by atoms with Crippen LogP contribution in [0.4, 0.5) is 0 Å². The molecule has 0 saturated carbocycles. The Morgan fingerprint density at radius 3 is 2.78 bits per heavy atom. The maximum absolute atomic E-state index is 9.38. The molecule has 52 valence electrons. The summed E-state index contributed by atoms with van der Waals surface area (Å²) >= 11 is 0. The third kappa shape index (κ3) is 1.33. The molecule has 0 aromatic rings. The van der Waals surface area contributed by atoms with Crippen LogP contribution in [-0.2, 0) is 0 Å². The SMILES string of the molecule is CC1=CCCC(C)C1O. The van der Waals surface area contributed by atoms with E-state index in [9.17, 15) is 5.11 Å². The Morgan fingerprint density at radius 2 is 2.33 bits per heavy atom. The summed E-state index contributed by atoms with van der Waals surface area (Å²) < 4.78 is 0. The van der Waals surface area contributed by atoms with Gasteiger partial charge in [0.25, 0.3) is 0 Å². The van der Waals surface area contributed by atoms with Gasteiger partial charge in [0.1, 0.15) is 0 Å². The van der Waals surface area contributed by atoms with Gasteiger partial charge in [0, 0.05) is 0 Å². The van der Waals surface area contributed by atoms with Crippen LogP contribution in [0.15, 0.2) is 11.6 Å². The molecule has 1 heteroatoms. The average Bonchev–Trinajstić information content (AvgIpc) is 1.83. The monoisotopic (exact) mass is 126 g/mol. The molecule has 0 aromatic heterocycles. The lowest BCUT2D eigenvalue weighted by Crippen LogP contribution is -2.21. The Labute approximate surface area is 56.4 Å². The second-order valence-corrected chi connectivity index (χ2v) is 2.95. The van der Waals surface area contributed by atoms with Gasteiger partial charge < -0.3 is 5.11 Å². The largest absolute Gasteiger partial charge is 0.388 e. The predicted molar refractivity (Wildman–Crippen MR) is 38.2 cm³/mol. The highest BCUT2D eigenvalue weighted by molar-refractivity contribution is 5.09. The van der Waals surface area contributed by atoms with Crippen molar-refractivity contribution in [2.24, 2.45) is 5.92 Å². The lowest BCUT2D eigenvalue weighted by atomic mass is 9.88. The maximum atomic E-state index is 9.38. The van der Waals surface area contributed by atoms with E-state index in [4.69, 9.17) is 0 Å². The number of aliphatic hydroxyl groups is 1. The van der Waals surface area contributed by atoms with Crippen molar-refractivity contribution in [2.45, 2.75) is 32.8 Å². The number of hydrogen-bond donors (Lipinski definition) is 1. The van der Waals surface area contributed by atoms with Crippen molar-refractivity contribution < 1.29 is 5.11 Å². The van der Waals surface area contributed by atoms with Crippen molar-refractivity contribution in [1.29, 1.82) is 0 Å². The fraction of sp³-hybridized carbons (Fsp3) is 0.750. The van der Waals surface area contributed by atoms with Gasteiger partial charge in [0.15, 0.2) is 0 Å². The molecule has 0 aromatic carbocycles. The lowest BCUT2D eigenvalue weighted by Gasteiger charge is -2.23. The highest BCUT2D eigenvalue weighted by Gasteiger charge is 2.18. The van der Waals surface area contributed by atoms with E-state index in [0.29, 0.717) is 5.92 Å². The minimum absolute atomic E-state index is 0.168. The Morgan fingerprint density at radius 1 is 1.67 bits per heavy atom. The van der Waals surface area contributed by atoms with Crippen LogP contribution in [0.25, 0.3) is 0 Å². The van der Waals surface area contributed by atoms with Crippen molar-refractivity contribution in [2.75, 3.05) is 0 Å². The number of rotatable bonds is 0. The molecule has 1 aliphatic rings. The summed E-state index contributed by atoms with van der Waals surface area (Å²) in [6.07, 6.45) is 4.24. The van der Waals surface area contributed by atoms with Crippen molar-refractivity contribution in [3.63, 3.8) is 0 Å². The lowest BCUT2D eigenvalue weighted by molar-refractivity contribution is 0.139. The summed E-state index contributed by atoms with van der Waals surface area (Å²) in [7, 11) is 0. The van der Waals surface area contributed by atoms with Gasteiger partial charge in [-0.05, 0) is 31.3 Å². The summed E-state index contributed by atoms with van der Waals surface area (Å²) in [6, 6.07) is 0. The molecule has 0 spiro atoms. The molecule has 2 unspecified atom stereocenters. The Kier molecular flexibility index (Phi) is 1.91. The molecule has 1 rings (SSSR count). The molecule has 0 heterocycles. The maximum Gasteiger partial charge on any atom is 0.0773 e. The summed E-state index contributed by atoms with van der Waals surface area (Å²) in [5.41, 5.74) is 1.15. The van der Waals surface area contributed by atoms with Crippen LogP contribution in [0.3, 0.4) is 0 Å². The Hall–Kier alpha value is -0.300. The van der Waals surface area contributed by atoms with Gasteiger partial charge in [-0.25, -0.2) is 0 Å². The summed E-state index contributed by atoms with van der Waals surface area (Å²) in [6.45, 7) is 4.10. The molecule has 0 amide bonds. The van der Waals surface area contributed by atoms with E-state index in [0.717, 1.165) is 18.4 Å². The summed E-state index contributed by atoms with van der Waals surface area (Å²) in [5, 5.41) is 9.38. The van der Waals surface area contributed by atoms with Crippen molar-refractivity contribution in [3.05, 3.63) is 11.6 Å². The summed E-state index contributed by atoms with van der Waals surface area (Å²) in [5.74, 6) is 0.468. The first kappa shape index (κ1) is 6.81. The van der Waals surface area contributed by atoms with Crippen LogP contribution in [0, 0.1) is 5.92 Å². The van der Waals surface area contributed by atoms with E-state index in [1.165, 1.54) is 0 Å². The fourth-order valence-corrected chi connectivity index (χ4v) is 1.30. The molecule has 1 aliphatic carbocycles. The van der Waals surface area contributed by atoms with Gasteiger partial charge in [-0.15, -0.1) is 0 Å². The first-order valence-corrected chi connectivity index (χ1v) is 3.56. The zero-order valence-electron chi connectivity index (χ0n) is 6.09. The van der Waals surface area contributed by atoms with Gasteiger partial charge in [-0.2, -0.15) is 0 Å². The van der Waals surface area contributed by atoms with Gasteiger partial charge in [0.05, 0.1) is 6.10 Å². The molecule has 1 nitrogen and oxygen atoms in total. The molecule has 0 radical (unpaired) electrons. The van der Waals surface area contributed by atoms with Gasteiger partial charge in [-0.1, -0.05) is 13.0 Å². The van der Waals surface area contributed by atoms with Crippen molar-refractivity contribution >= 4 is 0 Å². The van der Waals surface area contributed by atoms with Crippen LogP contribution in [0.1, 0.15) is 26.7 Å². The number of aliphatic hydroxyl groups excluding tert-OH is 1. The van der Waals surface area contributed by atoms with Gasteiger partial charge >= 0.3 is 0 Å². The minimum Gasteiger partial charge on any atom is -0.388 e. The minimum atomic E-state index is -0.168. The smallest absolute Gasteiger partial charge is 0.0773 e. The number of allylic oxidation sites excluding steroid dienone is 1. The second kappa shape index (κ2) is 2.53. The molecule has 1 N–H and O–H groups in total. The molecular weight excluding hydrogens is 112 g/mol. The van der Waals surface area contributed by atoms with E-state index in [-0.39, 0.29) is 6.10 Å². The first-order valence-electron chi connectivity index (χ1n) is 3.56. The molecule has 0 saturated heterocycles. The first-order chi connectivity index (χ1) is 4.22. The van der Waals surface area contributed by atoms with E-state index in [2.05, 4.69) is 13.0 Å². The highest BCUT2D eigenvalue weighted by Crippen LogP contribution is 2.23. The van der Waals surface area contributed by atoms with Crippen LogP contribution in [0.5, 0.6) is 0 Å². The molecule has 2 atom stereocenters. The predicted octanol–water partition coefficient (Wildman–Crippen LogP) is 1.72. The van der Waals surface area contributed by atoms with Crippen molar-refractivity contribution in [3.8, 4) is 0 Å². The molecular formula is C8H14O. The third-order valence-electron chi connectivity index (χ3n) is 2.09. The standard InChI is InChI=1S/C8H14O/c1-6-4-3-5-7(2)8(6)9/h4,7-9H,3,5H2,1-2H3. The molecule has 0 aliphatic heterocycles. The van der Waals surface area contributed by atoms with Crippen molar-refractivity contribution in [1.82, 2.24) is 0 Å². The van der Waals surface area contributed by atoms with Gasteiger partial charge in [-0.3, -0.25) is 0 Å². The second-order valence-electron chi connectivity index (χ2n) is 2.95. The highest BCUT2D eigenvalue weighted by atomic mass is 16.3. The molecule has 0 bridgehead atoms. The molecule has 9 heavy (non-hydrogen) atoms. The molecule has 0 fully saturated rings. The van der Waals surface area contributed by atoms with E-state index >= 15 is 0 Å². The topological polar surface area (TPSA) is 20.2 Å². The van der Waals surface area contributed by atoms with Crippen LogP contribution in [-0.4, -0.2) is 11.2 Å². The normalized spacial score (nSPS) is 36.1. The third-order valence-corrected chi connectivity index (χ3v) is 2.09. The summed E-state index contributed by atoms with van der Waals surface area (Å²) in [4.78, 5) is 0. The average molecular weight is 126 g/mol. The fourth-order valence-electron chi connectivity index (χ4n) is 1.30. The van der Waals surface area contributed by atoms with Crippen LogP contribution in [0.2, 0.25) is 0 Å². The van der Waals surface area contributed by atoms with Gasteiger partial charge in [0.2, 0.25) is 0 Å².